The number of amides is 1. The van der Waals surface area contributed by atoms with Gasteiger partial charge < -0.3 is 29.7 Å². The van der Waals surface area contributed by atoms with E-state index >= 15 is 0 Å². The van der Waals surface area contributed by atoms with Crippen molar-refractivity contribution in [1.82, 2.24) is 5.32 Å². The third kappa shape index (κ3) is 4.40. The van der Waals surface area contributed by atoms with E-state index in [1.165, 1.54) is 0 Å². The second-order valence-corrected chi connectivity index (χ2v) is 4.66. The molecule has 1 fully saturated rings. The van der Waals surface area contributed by atoms with Crippen molar-refractivity contribution < 1.29 is 43.6 Å². The van der Waals surface area contributed by atoms with E-state index in [2.05, 4.69) is 5.32 Å². The van der Waals surface area contributed by atoms with E-state index in [1.54, 1.807) is 0 Å². The summed E-state index contributed by atoms with van der Waals surface area (Å²) in [4.78, 5) is 44.8. The molecule has 0 aromatic carbocycles. The molecule has 0 unspecified atom stereocenters. The predicted octanol–water partition coefficient (Wildman–Crippen LogP) is -1.84. The fourth-order valence-corrected chi connectivity index (χ4v) is 2.09. The zero-order valence-electron chi connectivity index (χ0n) is 12.1. The molecule has 3 N–H and O–H groups in total. The Morgan fingerprint density at radius 3 is 1.91 bits per heavy atom. The Balaban J connectivity index is 3.18. The molecule has 0 saturated carbocycles. The number of esters is 2. The second kappa shape index (κ2) is 7.18. The molecule has 10 nitrogen and oxygen atoms in total. The summed E-state index contributed by atoms with van der Waals surface area (Å²) in [6, 6.07) is -1.29. The van der Waals surface area contributed by atoms with Crippen molar-refractivity contribution >= 4 is 23.8 Å². The number of carbonyl (C=O) groups is 4. The molecular formula is C12H17NO9. The maximum Gasteiger partial charge on any atom is 0.337 e. The molecule has 0 spiro atoms. The third-order valence-electron chi connectivity index (χ3n) is 2.79. The normalized spacial score (nSPS) is 31.0. The summed E-state index contributed by atoms with van der Waals surface area (Å²) in [6.07, 6.45) is -6.47. The van der Waals surface area contributed by atoms with Gasteiger partial charge in [0.05, 0.1) is 0 Å². The van der Waals surface area contributed by atoms with Gasteiger partial charge in [-0.05, 0) is 0 Å². The van der Waals surface area contributed by atoms with Crippen LogP contribution in [-0.2, 0) is 33.4 Å². The minimum absolute atomic E-state index is 0.583. The van der Waals surface area contributed by atoms with Crippen LogP contribution in [0.4, 0.5) is 0 Å². The minimum Gasteiger partial charge on any atom is -0.479 e. The summed E-state index contributed by atoms with van der Waals surface area (Å²) in [5.41, 5.74) is 0. The molecular weight excluding hydrogens is 302 g/mol. The van der Waals surface area contributed by atoms with Gasteiger partial charge in [0, 0.05) is 20.8 Å². The molecule has 1 rings (SSSR count). The number of rotatable bonds is 4. The Morgan fingerprint density at radius 1 is 1.00 bits per heavy atom. The van der Waals surface area contributed by atoms with Gasteiger partial charge in [-0.1, -0.05) is 0 Å². The summed E-state index contributed by atoms with van der Waals surface area (Å²) in [7, 11) is 0. The van der Waals surface area contributed by atoms with Crippen molar-refractivity contribution in [3.8, 4) is 0 Å². The lowest BCUT2D eigenvalue weighted by molar-refractivity contribution is -0.258. The van der Waals surface area contributed by atoms with Crippen LogP contribution in [0.15, 0.2) is 0 Å². The summed E-state index contributed by atoms with van der Waals surface area (Å²) in [6.45, 7) is 3.22. The van der Waals surface area contributed by atoms with Gasteiger partial charge in [-0.25, -0.2) is 4.79 Å². The average Bonchev–Trinajstić information content (AvgIpc) is 2.34. The maximum atomic E-state index is 11.2. The van der Waals surface area contributed by atoms with E-state index in [9.17, 15) is 24.3 Å². The topological polar surface area (TPSA) is 148 Å². The summed E-state index contributed by atoms with van der Waals surface area (Å²) in [5.74, 6) is -3.76. The highest BCUT2D eigenvalue weighted by Gasteiger charge is 2.52. The first kappa shape index (κ1) is 17.9. The highest BCUT2D eigenvalue weighted by molar-refractivity contribution is 5.76. The van der Waals surface area contributed by atoms with Crippen LogP contribution in [0.3, 0.4) is 0 Å². The molecule has 10 heteroatoms. The van der Waals surface area contributed by atoms with Gasteiger partial charge in [-0.3, -0.25) is 14.4 Å². The van der Waals surface area contributed by atoms with Crippen molar-refractivity contribution in [2.24, 2.45) is 0 Å². The number of carbonyl (C=O) groups excluding carboxylic acids is 3. The Bertz CT molecular complexity index is 477. The minimum atomic E-state index is -1.76. The fourth-order valence-electron chi connectivity index (χ4n) is 2.09. The number of hydrogen-bond acceptors (Lipinski definition) is 8. The maximum absolute atomic E-state index is 11.2. The number of carboxylic acid groups (broad SMARTS) is 1. The van der Waals surface area contributed by atoms with Gasteiger partial charge >= 0.3 is 17.9 Å². The molecule has 1 aliphatic heterocycles. The SMILES string of the molecule is CC(=O)N[C@@H]1[C@@H](OC(C)=O)[C@H](OC(C)=O)[C@@H](C(=O)O)O[C@@H]1O. The van der Waals surface area contributed by atoms with Crippen molar-refractivity contribution in [2.45, 2.75) is 51.4 Å². The average molecular weight is 319 g/mol. The Labute approximate surface area is 125 Å². The molecule has 0 aliphatic carbocycles. The van der Waals surface area contributed by atoms with Gasteiger partial charge in [-0.15, -0.1) is 0 Å². The van der Waals surface area contributed by atoms with Gasteiger partial charge in [-0.2, -0.15) is 0 Å². The van der Waals surface area contributed by atoms with Crippen molar-refractivity contribution in [3.63, 3.8) is 0 Å². The smallest absolute Gasteiger partial charge is 0.337 e. The highest BCUT2D eigenvalue weighted by atomic mass is 16.7. The van der Waals surface area contributed by atoms with Crippen LogP contribution < -0.4 is 5.32 Å². The number of carboxylic acids is 1. The number of aliphatic hydroxyl groups excluding tert-OH is 1. The zero-order valence-corrected chi connectivity index (χ0v) is 12.1. The first-order valence-corrected chi connectivity index (χ1v) is 6.31. The number of ether oxygens (including phenoxy) is 3. The van der Waals surface area contributed by atoms with Gasteiger partial charge in [0.2, 0.25) is 5.91 Å². The van der Waals surface area contributed by atoms with Crippen LogP contribution in [0, 0.1) is 0 Å². The van der Waals surface area contributed by atoms with Crippen molar-refractivity contribution in [2.75, 3.05) is 0 Å². The molecule has 124 valence electrons. The van der Waals surface area contributed by atoms with Crippen LogP contribution in [0.5, 0.6) is 0 Å². The lowest BCUT2D eigenvalue weighted by Crippen LogP contribution is -2.66. The monoisotopic (exact) mass is 319 g/mol. The Hall–Kier alpha value is -2.20. The van der Waals surface area contributed by atoms with Crippen LogP contribution >= 0.6 is 0 Å². The molecule has 22 heavy (non-hydrogen) atoms. The first-order chi connectivity index (χ1) is 10.1. The van der Waals surface area contributed by atoms with E-state index in [4.69, 9.17) is 19.3 Å². The summed E-state index contributed by atoms with van der Waals surface area (Å²) >= 11 is 0. The van der Waals surface area contributed by atoms with E-state index in [1.807, 2.05) is 0 Å². The van der Waals surface area contributed by atoms with Gasteiger partial charge in [0.15, 0.2) is 24.6 Å². The third-order valence-corrected chi connectivity index (χ3v) is 2.79. The summed E-state index contributed by atoms with van der Waals surface area (Å²) < 4.78 is 14.6. The van der Waals surface area contributed by atoms with Crippen molar-refractivity contribution in [3.05, 3.63) is 0 Å². The Morgan fingerprint density at radius 2 is 1.50 bits per heavy atom. The van der Waals surface area contributed by atoms with Crippen LogP contribution in [0.2, 0.25) is 0 Å². The van der Waals surface area contributed by atoms with E-state index in [0.717, 1.165) is 20.8 Å². The molecule has 1 saturated heterocycles. The van der Waals surface area contributed by atoms with Crippen LogP contribution in [-0.4, -0.2) is 64.7 Å². The lowest BCUT2D eigenvalue weighted by Gasteiger charge is -2.42. The Kier molecular flexibility index (Phi) is 5.83. The van der Waals surface area contributed by atoms with Gasteiger partial charge in [0.1, 0.15) is 6.04 Å². The largest absolute Gasteiger partial charge is 0.479 e. The predicted molar refractivity (Wildman–Crippen MR) is 67.2 cm³/mol. The molecule has 0 aromatic rings. The van der Waals surface area contributed by atoms with Gasteiger partial charge in [0.25, 0.3) is 0 Å². The van der Waals surface area contributed by atoms with E-state index in [0.29, 0.717) is 0 Å². The molecule has 0 bridgehead atoms. The molecule has 1 aliphatic rings. The zero-order chi connectivity index (χ0) is 17.0. The molecule has 1 heterocycles. The number of aliphatic carboxylic acids is 1. The van der Waals surface area contributed by atoms with E-state index in [-0.39, 0.29) is 0 Å². The fraction of sp³-hybridized carbons (Fsp3) is 0.667. The molecule has 0 aromatic heterocycles. The number of nitrogens with one attached hydrogen (secondary N) is 1. The second-order valence-electron chi connectivity index (χ2n) is 4.66. The summed E-state index contributed by atoms with van der Waals surface area (Å²) in [5, 5.41) is 21.2. The lowest BCUT2D eigenvalue weighted by atomic mass is 9.96. The molecule has 5 atom stereocenters. The van der Waals surface area contributed by atoms with Crippen molar-refractivity contribution in [1.29, 1.82) is 0 Å². The molecule has 0 radical (unpaired) electrons. The first-order valence-electron chi connectivity index (χ1n) is 6.31. The molecule has 1 amide bonds. The quantitative estimate of drug-likeness (QED) is 0.508. The van der Waals surface area contributed by atoms with Crippen LogP contribution in [0.1, 0.15) is 20.8 Å². The number of aliphatic hydroxyl groups is 1. The highest BCUT2D eigenvalue weighted by Crippen LogP contribution is 2.25. The van der Waals surface area contributed by atoms with E-state index < -0.39 is 54.5 Å². The standard InChI is InChI=1S/C12H17NO9/c1-4(14)13-7-8(20-5(2)15)9(21-6(3)16)10(11(17)18)22-12(7)19/h7-10,12,19H,1-3H3,(H,13,14)(H,17,18)/t7-,8-,9+,10+,12+/m1/s1. The van der Waals surface area contributed by atoms with Crippen LogP contribution in [0.25, 0.3) is 0 Å². The number of hydrogen-bond donors (Lipinski definition) is 3.